The number of nitrogens with zero attached hydrogens (tertiary/aromatic N) is 4. The van der Waals surface area contributed by atoms with E-state index in [0.717, 1.165) is 30.9 Å². The molecule has 0 aliphatic rings. The average Bonchev–Trinajstić information content (AvgIpc) is 2.70. The van der Waals surface area contributed by atoms with Crippen LogP contribution in [-0.4, -0.2) is 33.3 Å². The van der Waals surface area contributed by atoms with Crippen molar-refractivity contribution in [2.24, 2.45) is 10.2 Å². The highest BCUT2D eigenvalue weighted by Gasteiger charge is 2.18. The predicted molar refractivity (Wildman–Crippen MR) is 108 cm³/mol. The first-order valence-electron chi connectivity index (χ1n) is 8.78. The van der Waals surface area contributed by atoms with Gasteiger partial charge < -0.3 is 10.0 Å². The maximum atomic E-state index is 11.9. The van der Waals surface area contributed by atoms with Gasteiger partial charge in [0.05, 0.1) is 15.7 Å². The van der Waals surface area contributed by atoms with E-state index in [1.54, 1.807) is 6.07 Å². The molecule has 0 aliphatic heterocycles. The van der Waals surface area contributed by atoms with Crippen molar-refractivity contribution >= 4 is 33.5 Å². The molecule has 3 aromatic rings. The molecule has 0 bridgehead atoms. The van der Waals surface area contributed by atoms with Crippen molar-refractivity contribution in [3.05, 3.63) is 61.2 Å². The Morgan fingerprint density at radius 1 is 1.00 bits per heavy atom. The third-order valence-electron chi connectivity index (χ3n) is 4.44. The Bertz CT molecular complexity index is 1230. The number of phenols is 1. The summed E-state index contributed by atoms with van der Waals surface area (Å²) in [6.45, 7) is 5.49. The Morgan fingerprint density at radius 3 is 2.14 bits per heavy atom. The number of nitro groups is 1. The molecule has 0 radical (unpaired) electrons. The van der Waals surface area contributed by atoms with Crippen LogP contribution in [0, 0.1) is 10.1 Å². The highest BCUT2D eigenvalue weighted by Crippen LogP contribution is 2.35. The minimum absolute atomic E-state index is 0.0607. The number of phenolic OH excluding ortho intramolecular Hbond substituents is 1. The number of anilines is 1. The van der Waals surface area contributed by atoms with Crippen molar-refractivity contribution in [2.75, 3.05) is 18.0 Å². The molecule has 0 atom stereocenters. The summed E-state index contributed by atoms with van der Waals surface area (Å²) in [6, 6.07) is 6.91. The lowest BCUT2D eigenvalue weighted by molar-refractivity contribution is -0.384. The fraction of sp³-hybridized carbons (Fsp3) is 0.222. The number of H-pyrrole nitrogens is 2. The van der Waals surface area contributed by atoms with Gasteiger partial charge in [-0.15, -0.1) is 10.2 Å². The lowest BCUT2D eigenvalue weighted by Gasteiger charge is -2.21. The third kappa shape index (κ3) is 3.83. The van der Waals surface area contributed by atoms with Crippen LogP contribution >= 0.6 is 0 Å². The van der Waals surface area contributed by atoms with Gasteiger partial charge in [0.2, 0.25) is 0 Å². The first-order valence-corrected chi connectivity index (χ1v) is 8.78. The summed E-state index contributed by atoms with van der Waals surface area (Å²) in [5, 5.41) is 33.4. The number of nitrogens with one attached hydrogen (secondary N) is 2. The van der Waals surface area contributed by atoms with Crippen LogP contribution in [0.15, 0.2) is 50.1 Å². The van der Waals surface area contributed by atoms with Gasteiger partial charge in [-0.25, -0.2) is 0 Å². The van der Waals surface area contributed by atoms with E-state index in [0.29, 0.717) is 0 Å². The van der Waals surface area contributed by atoms with E-state index in [1.165, 1.54) is 12.1 Å². The van der Waals surface area contributed by atoms with Crippen LogP contribution in [0.4, 0.5) is 22.7 Å². The molecule has 3 rings (SSSR count). The standard InChI is InChI=1S/C18H18N6O5/c1-3-23(4-2)10-5-6-13(16(25)7-10)19-20-14-8-11-12(9-15(14)24(28)29)18(27)22-21-17(11)26/h5-9,25H,3-4H2,1-2H3,(H,21,26)(H,22,27). The monoisotopic (exact) mass is 398 g/mol. The molecule has 0 fully saturated rings. The van der Waals surface area contributed by atoms with Gasteiger partial charge in [-0.1, -0.05) is 0 Å². The molecule has 1 aromatic heterocycles. The van der Waals surface area contributed by atoms with Crippen molar-refractivity contribution in [1.29, 1.82) is 0 Å². The van der Waals surface area contributed by atoms with Crippen molar-refractivity contribution in [3.63, 3.8) is 0 Å². The van der Waals surface area contributed by atoms with Gasteiger partial charge in [0.1, 0.15) is 11.4 Å². The SMILES string of the molecule is CCN(CC)c1ccc(N=Nc2cc3c(=O)[nH][nH]c(=O)c3cc2[N+](=O)[O-])c(O)c1. The van der Waals surface area contributed by atoms with E-state index in [4.69, 9.17) is 0 Å². The van der Waals surface area contributed by atoms with Gasteiger partial charge >= 0.3 is 0 Å². The zero-order valence-corrected chi connectivity index (χ0v) is 15.7. The van der Waals surface area contributed by atoms with Crippen molar-refractivity contribution in [2.45, 2.75) is 13.8 Å². The summed E-state index contributed by atoms with van der Waals surface area (Å²) in [7, 11) is 0. The van der Waals surface area contributed by atoms with Crippen molar-refractivity contribution in [3.8, 4) is 5.75 Å². The van der Waals surface area contributed by atoms with E-state index < -0.39 is 21.7 Å². The van der Waals surface area contributed by atoms with Gasteiger partial charge in [0, 0.05) is 30.9 Å². The van der Waals surface area contributed by atoms with Gasteiger partial charge in [0.25, 0.3) is 16.8 Å². The second-order valence-electron chi connectivity index (χ2n) is 6.10. The van der Waals surface area contributed by atoms with Gasteiger partial charge in [-0.2, -0.15) is 0 Å². The summed E-state index contributed by atoms with van der Waals surface area (Å²) in [5.41, 5.74) is -1.10. The Balaban J connectivity index is 2.08. The molecule has 0 unspecified atom stereocenters. The third-order valence-corrected chi connectivity index (χ3v) is 4.44. The zero-order valence-electron chi connectivity index (χ0n) is 15.7. The van der Waals surface area contributed by atoms with Gasteiger partial charge in [0.15, 0.2) is 5.69 Å². The highest BCUT2D eigenvalue weighted by molar-refractivity contribution is 5.87. The normalized spacial score (nSPS) is 11.2. The lowest BCUT2D eigenvalue weighted by Crippen LogP contribution is -2.21. The molecule has 11 heteroatoms. The van der Waals surface area contributed by atoms with Crippen LogP contribution in [-0.2, 0) is 0 Å². The quantitative estimate of drug-likeness (QED) is 0.329. The number of aromatic nitrogens is 2. The molecule has 2 aromatic carbocycles. The predicted octanol–water partition coefficient (Wildman–Crippen LogP) is 3.09. The smallest absolute Gasteiger partial charge is 0.297 e. The van der Waals surface area contributed by atoms with E-state index >= 15 is 0 Å². The lowest BCUT2D eigenvalue weighted by atomic mass is 10.1. The summed E-state index contributed by atoms with van der Waals surface area (Å²) >= 11 is 0. The molecule has 0 saturated carbocycles. The second kappa shape index (κ2) is 7.92. The fourth-order valence-electron chi connectivity index (χ4n) is 2.92. The summed E-state index contributed by atoms with van der Waals surface area (Å²) in [6.07, 6.45) is 0. The largest absolute Gasteiger partial charge is 0.506 e. The summed E-state index contributed by atoms with van der Waals surface area (Å²) in [4.78, 5) is 36.5. The van der Waals surface area contributed by atoms with Crippen LogP contribution in [0.3, 0.4) is 0 Å². The molecule has 0 saturated heterocycles. The number of hydrogen-bond acceptors (Lipinski definition) is 8. The topological polar surface area (TPSA) is 157 Å². The first-order chi connectivity index (χ1) is 13.8. The number of aromatic amines is 2. The van der Waals surface area contributed by atoms with Crippen LogP contribution in [0.25, 0.3) is 10.8 Å². The second-order valence-corrected chi connectivity index (χ2v) is 6.10. The Morgan fingerprint density at radius 2 is 1.59 bits per heavy atom. The van der Waals surface area contributed by atoms with Crippen molar-refractivity contribution in [1.82, 2.24) is 10.2 Å². The maximum absolute atomic E-state index is 11.9. The van der Waals surface area contributed by atoms with E-state index in [-0.39, 0.29) is 27.9 Å². The van der Waals surface area contributed by atoms with E-state index in [1.807, 2.05) is 18.7 Å². The molecule has 29 heavy (non-hydrogen) atoms. The molecule has 150 valence electrons. The Labute approximate surface area is 163 Å². The summed E-state index contributed by atoms with van der Waals surface area (Å²) in [5.74, 6) is -0.143. The molecular weight excluding hydrogens is 380 g/mol. The number of aromatic hydroxyl groups is 1. The highest BCUT2D eigenvalue weighted by atomic mass is 16.6. The molecule has 3 N–H and O–H groups in total. The number of benzene rings is 2. The van der Waals surface area contributed by atoms with Crippen LogP contribution in [0.5, 0.6) is 5.75 Å². The van der Waals surface area contributed by atoms with Crippen LogP contribution in [0.2, 0.25) is 0 Å². The van der Waals surface area contributed by atoms with Crippen LogP contribution in [0.1, 0.15) is 13.8 Å². The van der Waals surface area contributed by atoms with Gasteiger partial charge in [-0.05, 0) is 32.0 Å². The molecule has 0 amide bonds. The number of azo groups is 1. The van der Waals surface area contributed by atoms with Gasteiger partial charge in [-0.3, -0.25) is 29.9 Å². The molecule has 0 spiro atoms. The number of fused-ring (bicyclic) bond motifs is 1. The first kappa shape index (κ1) is 19.7. The van der Waals surface area contributed by atoms with Crippen molar-refractivity contribution < 1.29 is 10.0 Å². The Kier molecular flexibility index (Phi) is 5.39. The number of rotatable bonds is 6. The molecule has 0 aliphatic carbocycles. The maximum Gasteiger partial charge on any atom is 0.297 e. The zero-order chi connectivity index (χ0) is 21.1. The average molecular weight is 398 g/mol. The van der Waals surface area contributed by atoms with E-state index in [2.05, 4.69) is 20.4 Å². The van der Waals surface area contributed by atoms with E-state index in [9.17, 15) is 24.8 Å². The molecular formula is C18H18N6O5. The Hall–Kier alpha value is -4.02. The minimum Gasteiger partial charge on any atom is -0.506 e. The fourth-order valence-corrected chi connectivity index (χ4v) is 2.92. The number of nitro benzene ring substituents is 1. The number of hydrogen-bond donors (Lipinski definition) is 3. The molecule has 1 heterocycles. The molecule has 11 nitrogen and oxygen atoms in total. The van der Waals surface area contributed by atoms with Crippen LogP contribution < -0.4 is 16.0 Å². The minimum atomic E-state index is -0.724. The summed E-state index contributed by atoms with van der Waals surface area (Å²) < 4.78 is 0.